The molecule has 2 unspecified atom stereocenters. The van der Waals surface area contributed by atoms with Crippen molar-refractivity contribution in [3.63, 3.8) is 0 Å². The van der Waals surface area contributed by atoms with E-state index in [0.29, 0.717) is 11.6 Å². The standard InChI is InChI=1S/C12H17N3O3/c1-7-5-10(11(17)18)15-12(13-7)14-9-4-2-3-8(9)6-16/h5,8-9,16H,2-4,6H2,1H3,(H,17,18)(H,13,14,15). The van der Waals surface area contributed by atoms with Gasteiger partial charge in [-0.3, -0.25) is 0 Å². The molecular weight excluding hydrogens is 234 g/mol. The van der Waals surface area contributed by atoms with Crippen molar-refractivity contribution >= 4 is 11.9 Å². The van der Waals surface area contributed by atoms with E-state index in [0.717, 1.165) is 19.3 Å². The summed E-state index contributed by atoms with van der Waals surface area (Å²) in [4.78, 5) is 19.0. The molecule has 3 N–H and O–H groups in total. The molecule has 0 saturated heterocycles. The van der Waals surface area contributed by atoms with Crippen LogP contribution < -0.4 is 5.32 Å². The third-order valence-electron chi connectivity index (χ3n) is 3.28. The van der Waals surface area contributed by atoms with Gasteiger partial charge in [0.05, 0.1) is 0 Å². The number of carboxylic acid groups (broad SMARTS) is 1. The first kappa shape index (κ1) is 12.8. The molecule has 2 atom stereocenters. The van der Waals surface area contributed by atoms with Gasteiger partial charge >= 0.3 is 5.97 Å². The number of carbonyl (C=O) groups is 1. The van der Waals surface area contributed by atoms with Crippen LogP contribution in [0.5, 0.6) is 0 Å². The van der Waals surface area contributed by atoms with Crippen molar-refractivity contribution in [1.82, 2.24) is 9.97 Å². The minimum Gasteiger partial charge on any atom is -0.477 e. The minimum absolute atomic E-state index is 0.0106. The van der Waals surface area contributed by atoms with Gasteiger partial charge in [-0.1, -0.05) is 6.42 Å². The molecule has 0 spiro atoms. The third-order valence-corrected chi connectivity index (χ3v) is 3.28. The number of nitrogens with one attached hydrogen (secondary N) is 1. The topological polar surface area (TPSA) is 95.3 Å². The molecule has 0 bridgehead atoms. The van der Waals surface area contributed by atoms with Gasteiger partial charge in [-0.25, -0.2) is 14.8 Å². The molecule has 1 aliphatic rings. The molecular formula is C12H17N3O3. The molecule has 0 radical (unpaired) electrons. The maximum atomic E-state index is 10.9. The number of carboxylic acids is 1. The van der Waals surface area contributed by atoms with Crippen LogP contribution in [0, 0.1) is 12.8 Å². The fraction of sp³-hybridized carbons (Fsp3) is 0.583. The Balaban J connectivity index is 2.16. The monoisotopic (exact) mass is 251 g/mol. The normalized spacial score (nSPS) is 23.0. The van der Waals surface area contributed by atoms with Crippen LogP contribution in [0.4, 0.5) is 5.95 Å². The van der Waals surface area contributed by atoms with E-state index in [1.807, 2.05) is 0 Å². The number of nitrogens with zero attached hydrogens (tertiary/aromatic N) is 2. The molecule has 0 aromatic carbocycles. The SMILES string of the molecule is Cc1cc(C(=O)O)nc(NC2CCCC2CO)n1. The Kier molecular flexibility index (Phi) is 3.76. The number of rotatable bonds is 4. The molecule has 6 heteroatoms. The van der Waals surface area contributed by atoms with Gasteiger partial charge in [0.2, 0.25) is 5.95 Å². The number of hydrogen-bond donors (Lipinski definition) is 3. The molecule has 1 heterocycles. The van der Waals surface area contributed by atoms with Crippen molar-refractivity contribution in [3.05, 3.63) is 17.5 Å². The largest absolute Gasteiger partial charge is 0.477 e. The molecule has 6 nitrogen and oxygen atoms in total. The highest BCUT2D eigenvalue weighted by Gasteiger charge is 2.27. The Hall–Kier alpha value is -1.69. The summed E-state index contributed by atoms with van der Waals surface area (Å²) in [6.07, 6.45) is 2.98. The van der Waals surface area contributed by atoms with Crippen molar-refractivity contribution in [2.75, 3.05) is 11.9 Å². The Morgan fingerprint density at radius 1 is 1.50 bits per heavy atom. The van der Waals surface area contributed by atoms with Gasteiger partial charge in [0, 0.05) is 24.3 Å². The second kappa shape index (κ2) is 5.30. The van der Waals surface area contributed by atoms with E-state index in [1.54, 1.807) is 6.92 Å². The Bertz CT molecular complexity index is 450. The fourth-order valence-corrected chi connectivity index (χ4v) is 2.35. The van der Waals surface area contributed by atoms with Gasteiger partial charge < -0.3 is 15.5 Å². The second-order valence-corrected chi connectivity index (χ2v) is 4.65. The van der Waals surface area contributed by atoms with E-state index in [9.17, 15) is 9.90 Å². The molecule has 1 aromatic rings. The van der Waals surface area contributed by atoms with Gasteiger partial charge in [0.1, 0.15) is 0 Å². The molecule has 0 amide bonds. The number of aryl methyl sites for hydroxylation is 1. The summed E-state index contributed by atoms with van der Waals surface area (Å²) in [5, 5.41) is 21.3. The van der Waals surface area contributed by atoms with E-state index in [1.165, 1.54) is 6.07 Å². The number of aliphatic hydroxyl groups is 1. The summed E-state index contributed by atoms with van der Waals surface area (Å²) < 4.78 is 0. The zero-order valence-corrected chi connectivity index (χ0v) is 10.3. The lowest BCUT2D eigenvalue weighted by atomic mass is 10.1. The van der Waals surface area contributed by atoms with Crippen molar-refractivity contribution < 1.29 is 15.0 Å². The van der Waals surface area contributed by atoms with E-state index in [2.05, 4.69) is 15.3 Å². The predicted octanol–water partition coefficient (Wildman–Crippen LogP) is 1.06. The second-order valence-electron chi connectivity index (χ2n) is 4.65. The van der Waals surface area contributed by atoms with Crippen molar-refractivity contribution in [1.29, 1.82) is 0 Å². The molecule has 98 valence electrons. The fourth-order valence-electron chi connectivity index (χ4n) is 2.35. The summed E-state index contributed by atoms with van der Waals surface area (Å²) in [5.41, 5.74) is 0.604. The van der Waals surface area contributed by atoms with E-state index in [4.69, 9.17) is 5.11 Å². The Morgan fingerprint density at radius 3 is 2.94 bits per heavy atom. The van der Waals surface area contributed by atoms with Gasteiger partial charge in [0.15, 0.2) is 5.69 Å². The Labute approximate surface area is 105 Å². The molecule has 0 aliphatic heterocycles. The highest BCUT2D eigenvalue weighted by molar-refractivity contribution is 5.85. The van der Waals surface area contributed by atoms with Crippen molar-refractivity contribution in [3.8, 4) is 0 Å². The first-order valence-electron chi connectivity index (χ1n) is 6.06. The third kappa shape index (κ3) is 2.76. The first-order valence-corrected chi connectivity index (χ1v) is 6.06. The van der Waals surface area contributed by atoms with Crippen LogP contribution in [0.3, 0.4) is 0 Å². The number of aromatic carboxylic acids is 1. The molecule has 1 aromatic heterocycles. The number of hydrogen-bond acceptors (Lipinski definition) is 5. The van der Waals surface area contributed by atoms with Crippen LogP contribution >= 0.6 is 0 Å². The van der Waals surface area contributed by atoms with Gasteiger partial charge in [-0.15, -0.1) is 0 Å². The van der Waals surface area contributed by atoms with E-state index < -0.39 is 5.97 Å². The lowest BCUT2D eigenvalue weighted by molar-refractivity contribution is 0.0690. The van der Waals surface area contributed by atoms with Gasteiger partial charge in [0.25, 0.3) is 0 Å². The summed E-state index contributed by atoms with van der Waals surface area (Å²) in [6.45, 7) is 1.87. The van der Waals surface area contributed by atoms with Crippen molar-refractivity contribution in [2.24, 2.45) is 5.92 Å². The minimum atomic E-state index is -1.06. The van der Waals surface area contributed by atoms with Crippen molar-refractivity contribution in [2.45, 2.75) is 32.2 Å². The van der Waals surface area contributed by atoms with Gasteiger partial charge in [-0.2, -0.15) is 0 Å². The zero-order valence-electron chi connectivity index (χ0n) is 10.3. The highest BCUT2D eigenvalue weighted by Crippen LogP contribution is 2.27. The van der Waals surface area contributed by atoms with Crippen LogP contribution in [0.25, 0.3) is 0 Å². The molecule has 18 heavy (non-hydrogen) atoms. The summed E-state index contributed by atoms with van der Waals surface area (Å²) in [6, 6.07) is 1.56. The number of aromatic nitrogens is 2. The maximum Gasteiger partial charge on any atom is 0.354 e. The molecule has 1 fully saturated rings. The highest BCUT2D eigenvalue weighted by atomic mass is 16.4. The van der Waals surface area contributed by atoms with Crippen LogP contribution in [0.2, 0.25) is 0 Å². The van der Waals surface area contributed by atoms with Crippen LogP contribution in [0.15, 0.2) is 6.07 Å². The average Bonchev–Trinajstić information content (AvgIpc) is 2.75. The lowest BCUT2D eigenvalue weighted by Crippen LogP contribution is -2.27. The summed E-state index contributed by atoms with van der Waals surface area (Å²) in [5.74, 6) is -0.533. The van der Waals surface area contributed by atoms with Gasteiger partial charge in [-0.05, 0) is 25.8 Å². The maximum absolute atomic E-state index is 10.9. The summed E-state index contributed by atoms with van der Waals surface area (Å²) >= 11 is 0. The van der Waals surface area contributed by atoms with Crippen LogP contribution in [-0.2, 0) is 0 Å². The zero-order chi connectivity index (χ0) is 13.1. The quantitative estimate of drug-likeness (QED) is 0.740. The van der Waals surface area contributed by atoms with E-state index in [-0.39, 0.29) is 24.3 Å². The summed E-state index contributed by atoms with van der Waals surface area (Å²) in [7, 11) is 0. The number of aliphatic hydroxyl groups excluding tert-OH is 1. The van der Waals surface area contributed by atoms with E-state index >= 15 is 0 Å². The van der Waals surface area contributed by atoms with Crippen LogP contribution in [-0.4, -0.2) is 38.8 Å². The average molecular weight is 251 g/mol. The molecule has 1 saturated carbocycles. The predicted molar refractivity (Wildman–Crippen MR) is 65.6 cm³/mol. The molecule has 1 aliphatic carbocycles. The first-order chi connectivity index (χ1) is 8.60. The molecule has 2 rings (SSSR count). The number of anilines is 1. The Morgan fingerprint density at radius 2 is 2.28 bits per heavy atom. The van der Waals surface area contributed by atoms with Crippen LogP contribution in [0.1, 0.15) is 35.4 Å². The smallest absolute Gasteiger partial charge is 0.354 e. The lowest BCUT2D eigenvalue weighted by Gasteiger charge is -2.19.